The van der Waals surface area contributed by atoms with Crippen molar-refractivity contribution in [2.45, 2.75) is 40.5 Å². The number of carbonyl (C=O) groups is 3. The van der Waals surface area contributed by atoms with Crippen molar-refractivity contribution in [1.29, 1.82) is 0 Å². The third-order valence-corrected chi connectivity index (χ3v) is 7.12. The van der Waals surface area contributed by atoms with Crippen LogP contribution in [-0.2, 0) is 9.59 Å². The van der Waals surface area contributed by atoms with Gasteiger partial charge in [0.15, 0.2) is 0 Å². The minimum Gasteiger partial charge on any atom is -0.322 e. The van der Waals surface area contributed by atoms with E-state index in [1.165, 1.54) is 4.90 Å². The van der Waals surface area contributed by atoms with Gasteiger partial charge in [0.25, 0.3) is 5.91 Å². The van der Waals surface area contributed by atoms with Crippen molar-refractivity contribution in [2.75, 3.05) is 10.2 Å². The van der Waals surface area contributed by atoms with Crippen molar-refractivity contribution in [3.63, 3.8) is 0 Å². The normalized spacial score (nSPS) is 25.2. The molecule has 2 fully saturated rings. The highest BCUT2D eigenvalue weighted by molar-refractivity contribution is 6.20. The second-order valence-electron chi connectivity index (χ2n) is 8.99. The monoisotopic (exact) mass is 390 g/mol. The molecule has 0 spiro atoms. The van der Waals surface area contributed by atoms with Gasteiger partial charge in [-0.2, -0.15) is 0 Å². The van der Waals surface area contributed by atoms with Crippen molar-refractivity contribution in [2.24, 2.45) is 16.7 Å². The van der Waals surface area contributed by atoms with E-state index >= 15 is 0 Å². The van der Waals surface area contributed by atoms with Crippen LogP contribution in [0, 0.1) is 23.7 Å². The number of hydrogen-bond donors (Lipinski definition) is 1. The van der Waals surface area contributed by atoms with E-state index in [0.29, 0.717) is 11.3 Å². The first-order valence-corrected chi connectivity index (χ1v) is 10.0. The average molecular weight is 390 g/mol. The topological polar surface area (TPSA) is 66.5 Å². The zero-order chi connectivity index (χ0) is 21.0. The van der Waals surface area contributed by atoms with Crippen LogP contribution in [0.1, 0.15) is 49.5 Å². The van der Waals surface area contributed by atoms with Gasteiger partial charge in [0.05, 0.1) is 11.1 Å². The number of benzene rings is 2. The Bertz CT molecular complexity index is 992. The van der Waals surface area contributed by atoms with E-state index in [1.54, 1.807) is 24.3 Å². The number of carbonyl (C=O) groups excluding carboxylic acids is 3. The van der Waals surface area contributed by atoms with Crippen molar-refractivity contribution < 1.29 is 14.4 Å². The Morgan fingerprint density at radius 3 is 2.24 bits per heavy atom. The van der Waals surface area contributed by atoms with Gasteiger partial charge in [-0.3, -0.25) is 14.4 Å². The van der Waals surface area contributed by atoms with Crippen LogP contribution >= 0.6 is 0 Å². The van der Waals surface area contributed by atoms with E-state index in [1.807, 2.05) is 52.0 Å². The highest BCUT2D eigenvalue weighted by atomic mass is 16.2. The molecule has 29 heavy (non-hydrogen) atoms. The molecule has 2 bridgehead atoms. The Labute approximate surface area is 171 Å². The van der Waals surface area contributed by atoms with Gasteiger partial charge in [-0.05, 0) is 61.6 Å². The van der Waals surface area contributed by atoms with Crippen LogP contribution in [0.2, 0.25) is 0 Å². The molecule has 4 rings (SSSR count). The molecule has 150 valence electrons. The first kappa shape index (κ1) is 19.4. The lowest BCUT2D eigenvalue weighted by Crippen LogP contribution is -2.59. The summed E-state index contributed by atoms with van der Waals surface area (Å²) in [4.78, 5) is 40.1. The number of anilines is 2. The van der Waals surface area contributed by atoms with Gasteiger partial charge in [0.1, 0.15) is 0 Å². The summed E-state index contributed by atoms with van der Waals surface area (Å²) < 4.78 is 0. The Morgan fingerprint density at radius 1 is 1.00 bits per heavy atom. The maximum absolute atomic E-state index is 13.2. The number of aryl methyl sites for hydroxylation is 1. The summed E-state index contributed by atoms with van der Waals surface area (Å²) >= 11 is 0. The SMILES string of the molecule is Cc1ccc(NC(=O)c2ccc(N3C(=O)[C@H]4CC[C@@](C)(C3=O)C4(C)C)cc2)cc1. The molecule has 1 N–H and O–H groups in total. The lowest BCUT2D eigenvalue weighted by Gasteiger charge is -2.47. The fourth-order valence-electron chi connectivity index (χ4n) is 4.66. The molecule has 1 aliphatic carbocycles. The smallest absolute Gasteiger partial charge is 0.255 e. The average Bonchev–Trinajstić information content (AvgIpc) is 2.87. The summed E-state index contributed by atoms with van der Waals surface area (Å²) in [5.41, 5.74) is 1.95. The molecule has 5 nitrogen and oxygen atoms in total. The van der Waals surface area contributed by atoms with E-state index in [2.05, 4.69) is 5.32 Å². The van der Waals surface area contributed by atoms with E-state index < -0.39 is 5.41 Å². The number of fused-ring (bicyclic) bond motifs is 2. The van der Waals surface area contributed by atoms with Crippen LogP contribution < -0.4 is 10.2 Å². The summed E-state index contributed by atoms with van der Waals surface area (Å²) in [5, 5.41) is 2.86. The predicted octanol–water partition coefficient (Wildman–Crippen LogP) is 4.56. The molecule has 1 saturated heterocycles. The minimum atomic E-state index is -0.549. The summed E-state index contributed by atoms with van der Waals surface area (Å²) in [7, 11) is 0. The van der Waals surface area contributed by atoms with Gasteiger partial charge in [0, 0.05) is 17.2 Å². The standard InChI is InChI=1S/C24H26N2O3/c1-15-5-9-17(10-6-15)25-20(27)16-7-11-18(12-8-16)26-21(28)19-13-14-24(4,22(26)29)23(19,2)3/h5-12,19H,13-14H2,1-4H3,(H,25,27)/t19-,24+/m1/s1. The highest BCUT2D eigenvalue weighted by Crippen LogP contribution is 2.60. The molecule has 2 aromatic rings. The van der Waals surface area contributed by atoms with Crippen molar-refractivity contribution in [1.82, 2.24) is 0 Å². The summed E-state index contributed by atoms with van der Waals surface area (Å²) in [6.45, 7) is 8.01. The van der Waals surface area contributed by atoms with Crippen molar-refractivity contribution in [3.05, 3.63) is 59.7 Å². The van der Waals surface area contributed by atoms with E-state index in [-0.39, 0.29) is 29.1 Å². The molecular weight excluding hydrogens is 364 g/mol. The molecule has 2 aliphatic rings. The zero-order valence-electron chi connectivity index (χ0n) is 17.3. The summed E-state index contributed by atoms with van der Waals surface area (Å²) in [6.07, 6.45) is 1.46. The van der Waals surface area contributed by atoms with E-state index in [4.69, 9.17) is 0 Å². The molecule has 0 unspecified atom stereocenters. The minimum absolute atomic E-state index is 0.133. The number of imide groups is 1. The first-order chi connectivity index (χ1) is 13.6. The largest absolute Gasteiger partial charge is 0.322 e. The lowest BCUT2D eigenvalue weighted by atomic mass is 9.62. The number of piperidine rings is 1. The molecule has 1 aliphatic heterocycles. The summed E-state index contributed by atoms with van der Waals surface area (Å²) in [5.74, 6) is -0.662. The molecule has 1 heterocycles. The summed E-state index contributed by atoms with van der Waals surface area (Å²) in [6, 6.07) is 14.2. The Morgan fingerprint density at radius 2 is 1.62 bits per heavy atom. The molecule has 0 radical (unpaired) electrons. The Kier molecular flexibility index (Phi) is 4.37. The molecule has 1 saturated carbocycles. The third kappa shape index (κ3) is 2.87. The third-order valence-electron chi connectivity index (χ3n) is 7.12. The second-order valence-corrected chi connectivity index (χ2v) is 8.99. The number of rotatable bonds is 3. The van der Waals surface area contributed by atoms with Crippen molar-refractivity contribution in [3.8, 4) is 0 Å². The quantitative estimate of drug-likeness (QED) is 0.781. The van der Waals surface area contributed by atoms with E-state index in [9.17, 15) is 14.4 Å². The van der Waals surface area contributed by atoms with Crippen LogP contribution in [0.3, 0.4) is 0 Å². The van der Waals surface area contributed by atoms with Crippen LogP contribution in [0.25, 0.3) is 0 Å². The van der Waals surface area contributed by atoms with Gasteiger partial charge < -0.3 is 5.32 Å². The lowest BCUT2D eigenvalue weighted by molar-refractivity contribution is -0.146. The number of hydrogen-bond acceptors (Lipinski definition) is 3. The van der Waals surface area contributed by atoms with Crippen LogP contribution in [0.15, 0.2) is 48.5 Å². The Hall–Kier alpha value is -2.95. The molecular formula is C24H26N2O3. The fraction of sp³-hybridized carbons (Fsp3) is 0.375. The van der Waals surface area contributed by atoms with Gasteiger partial charge >= 0.3 is 0 Å². The van der Waals surface area contributed by atoms with Crippen LogP contribution in [-0.4, -0.2) is 17.7 Å². The molecule has 2 atom stereocenters. The first-order valence-electron chi connectivity index (χ1n) is 10.0. The second kappa shape index (κ2) is 6.55. The highest BCUT2D eigenvalue weighted by Gasteiger charge is 2.64. The maximum Gasteiger partial charge on any atom is 0.255 e. The maximum atomic E-state index is 13.2. The molecule has 2 aromatic carbocycles. The Balaban J connectivity index is 1.56. The number of amides is 3. The van der Waals surface area contributed by atoms with Crippen LogP contribution in [0.4, 0.5) is 11.4 Å². The van der Waals surface area contributed by atoms with Gasteiger partial charge in [-0.15, -0.1) is 0 Å². The van der Waals surface area contributed by atoms with Gasteiger partial charge in [-0.1, -0.05) is 38.5 Å². The molecule has 0 aromatic heterocycles. The number of nitrogens with one attached hydrogen (secondary N) is 1. The molecule has 3 amide bonds. The molecule has 5 heteroatoms. The van der Waals surface area contributed by atoms with Crippen LogP contribution in [0.5, 0.6) is 0 Å². The van der Waals surface area contributed by atoms with Gasteiger partial charge in [0.2, 0.25) is 11.8 Å². The van der Waals surface area contributed by atoms with Gasteiger partial charge in [-0.25, -0.2) is 4.90 Å². The predicted molar refractivity (Wildman–Crippen MR) is 113 cm³/mol. The van der Waals surface area contributed by atoms with E-state index in [0.717, 1.165) is 24.1 Å². The zero-order valence-corrected chi connectivity index (χ0v) is 17.3. The fourth-order valence-corrected chi connectivity index (χ4v) is 4.66. The van der Waals surface area contributed by atoms with Crippen molar-refractivity contribution >= 4 is 29.1 Å². The number of nitrogens with zero attached hydrogens (tertiary/aromatic N) is 1.